The van der Waals surface area contributed by atoms with Gasteiger partial charge in [0.2, 0.25) is 10.0 Å². The molecule has 1 heterocycles. The molecule has 0 unspecified atom stereocenters. The maximum absolute atomic E-state index is 12.4. The Morgan fingerprint density at radius 1 is 1.19 bits per heavy atom. The van der Waals surface area contributed by atoms with Crippen LogP contribution in [0.1, 0.15) is 17.5 Å². The van der Waals surface area contributed by atoms with Crippen molar-refractivity contribution in [3.8, 4) is 0 Å². The number of rotatable bonds is 6. The van der Waals surface area contributed by atoms with E-state index in [9.17, 15) is 13.2 Å². The summed E-state index contributed by atoms with van der Waals surface area (Å²) in [5, 5.41) is 0. The third kappa shape index (κ3) is 4.42. The minimum atomic E-state index is -3.54. The number of carbonyl (C=O) groups excluding carboxylic acids is 1. The molecule has 0 saturated heterocycles. The third-order valence-corrected chi connectivity index (χ3v) is 5.51. The van der Waals surface area contributed by atoms with Crippen molar-refractivity contribution in [2.45, 2.75) is 18.6 Å². The molecule has 0 radical (unpaired) electrons. The Hall–Kier alpha value is -2.38. The van der Waals surface area contributed by atoms with Crippen molar-refractivity contribution in [3.05, 3.63) is 59.7 Å². The van der Waals surface area contributed by atoms with E-state index in [-0.39, 0.29) is 18.3 Å². The zero-order chi connectivity index (χ0) is 18.6. The van der Waals surface area contributed by atoms with Crippen molar-refractivity contribution >= 4 is 27.3 Å². The molecule has 0 aliphatic carbocycles. The summed E-state index contributed by atoms with van der Waals surface area (Å²) in [5.74, 6) is -0.227. The quantitative estimate of drug-likeness (QED) is 0.843. The van der Waals surface area contributed by atoms with Gasteiger partial charge in [-0.15, -0.1) is 0 Å². The van der Waals surface area contributed by atoms with E-state index in [0.717, 1.165) is 29.7 Å². The van der Waals surface area contributed by atoms with Gasteiger partial charge in [-0.25, -0.2) is 8.42 Å². The van der Waals surface area contributed by atoms with Crippen molar-refractivity contribution in [1.82, 2.24) is 0 Å². The lowest BCUT2D eigenvalue weighted by Gasteiger charge is -2.30. The van der Waals surface area contributed by atoms with E-state index in [0.29, 0.717) is 12.2 Å². The van der Waals surface area contributed by atoms with Gasteiger partial charge in [-0.3, -0.25) is 9.52 Å². The number of nitrogens with one attached hydrogen (secondary N) is 1. The average Bonchev–Trinajstić information content (AvgIpc) is 2.61. The van der Waals surface area contributed by atoms with Gasteiger partial charge in [0, 0.05) is 19.3 Å². The van der Waals surface area contributed by atoms with Crippen molar-refractivity contribution in [2.75, 3.05) is 29.9 Å². The normalized spacial score (nSPS) is 14.0. The molecule has 0 saturated carbocycles. The number of carbonyl (C=O) groups is 1. The molecule has 3 rings (SSSR count). The van der Waals surface area contributed by atoms with Crippen molar-refractivity contribution in [2.24, 2.45) is 0 Å². The summed E-state index contributed by atoms with van der Waals surface area (Å²) in [6, 6.07) is 14.4. The molecule has 1 N–H and O–H groups in total. The Morgan fingerprint density at radius 2 is 1.96 bits per heavy atom. The predicted molar refractivity (Wildman–Crippen MR) is 102 cm³/mol. The number of nitrogens with zero attached hydrogens (tertiary/aromatic N) is 1. The molecule has 26 heavy (non-hydrogen) atoms. The average molecular weight is 374 g/mol. The van der Waals surface area contributed by atoms with Gasteiger partial charge in [0.25, 0.3) is 5.91 Å². The van der Waals surface area contributed by atoms with Crippen molar-refractivity contribution in [3.63, 3.8) is 0 Å². The summed E-state index contributed by atoms with van der Waals surface area (Å²) in [6.45, 7) is 0.610. The zero-order valence-corrected chi connectivity index (χ0v) is 15.5. The first kappa shape index (κ1) is 18.4. The molecule has 1 amide bonds. The third-order valence-electron chi connectivity index (χ3n) is 4.25. The minimum Gasteiger partial charge on any atom is -0.375 e. The second-order valence-corrected chi connectivity index (χ2v) is 7.99. The van der Waals surface area contributed by atoms with Crippen LogP contribution in [0.5, 0.6) is 0 Å². The summed E-state index contributed by atoms with van der Waals surface area (Å²) in [4.78, 5) is 13.9. The number of ether oxygens (including phenoxy) is 1. The number of fused-ring (bicyclic) bond motifs is 1. The highest BCUT2D eigenvalue weighted by atomic mass is 32.2. The molecule has 0 bridgehead atoms. The molecule has 7 heteroatoms. The van der Waals surface area contributed by atoms with Gasteiger partial charge in [0.15, 0.2) is 0 Å². The topological polar surface area (TPSA) is 75.7 Å². The molecule has 138 valence electrons. The maximum Gasteiger partial charge on any atom is 0.252 e. The number of anilines is 2. The molecule has 0 aromatic heterocycles. The molecular formula is C19H22N2O4S. The summed E-state index contributed by atoms with van der Waals surface area (Å²) in [6.07, 6.45) is 1.74. The van der Waals surface area contributed by atoms with Gasteiger partial charge in [0.05, 0.1) is 11.4 Å². The maximum atomic E-state index is 12.4. The first-order valence-electron chi connectivity index (χ1n) is 8.45. The summed E-state index contributed by atoms with van der Waals surface area (Å²) >= 11 is 0. The van der Waals surface area contributed by atoms with Gasteiger partial charge in [-0.1, -0.05) is 36.4 Å². The van der Waals surface area contributed by atoms with Crippen molar-refractivity contribution < 1.29 is 17.9 Å². The molecule has 1 aliphatic rings. The fourth-order valence-corrected chi connectivity index (χ4v) is 4.30. The van der Waals surface area contributed by atoms with Gasteiger partial charge in [-0.05, 0) is 36.1 Å². The molecular weight excluding hydrogens is 352 g/mol. The molecule has 6 nitrogen and oxygen atoms in total. The lowest BCUT2D eigenvalue weighted by molar-refractivity contribution is -0.122. The molecule has 0 fully saturated rings. The number of benzene rings is 2. The smallest absolute Gasteiger partial charge is 0.252 e. The Labute approximate surface area is 153 Å². The Bertz CT molecular complexity index is 882. The number of hydrogen-bond donors (Lipinski definition) is 1. The minimum absolute atomic E-state index is 0.00337. The lowest BCUT2D eigenvalue weighted by Crippen LogP contribution is -2.37. The van der Waals surface area contributed by atoms with E-state index in [4.69, 9.17) is 4.74 Å². The van der Waals surface area contributed by atoms with Gasteiger partial charge in [-0.2, -0.15) is 0 Å². The number of aryl methyl sites for hydroxylation is 1. The van der Waals surface area contributed by atoms with Gasteiger partial charge in [0.1, 0.15) is 6.61 Å². The van der Waals surface area contributed by atoms with Crippen LogP contribution in [-0.2, 0) is 31.7 Å². The Kier molecular flexibility index (Phi) is 5.58. The number of methoxy groups -OCH3 is 1. The highest BCUT2D eigenvalue weighted by Gasteiger charge is 2.23. The van der Waals surface area contributed by atoms with Crippen LogP contribution >= 0.6 is 0 Å². The number of hydrogen-bond acceptors (Lipinski definition) is 4. The van der Waals surface area contributed by atoms with Crippen LogP contribution in [0.4, 0.5) is 11.4 Å². The standard InChI is InChI=1S/C19H22N2O4S/c1-25-13-19(22)21-11-5-8-16-9-10-17(12-18(16)21)20-26(23,24)14-15-6-3-2-4-7-15/h2-4,6-7,9-10,12,20H,5,8,11,13-14H2,1H3. The summed E-state index contributed by atoms with van der Waals surface area (Å²) < 4.78 is 32.4. The van der Waals surface area contributed by atoms with Gasteiger partial charge < -0.3 is 9.64 Å². The summed E-state index contributed by atoms with van der Waals surface area (Å²) in [7, 11) is -2.06. The second kappa shape index (κ2) is 7.88. The van der Waals surface area contributed by atoms with Crippen LogP contribution in [-0.4, -0.2) is 34.6 Å². The molecule has 1 aliphatic heterocycles. The monoisotopic (exact) mass is 374 g/mol. The molecule has 0 atom stereocenters. The Morgan fingerprint density at radius 3 is 2.69 bits per heavy atom. The highest BCUT2D eigenvalue weighted by molar-refractivity contribution is 7.91. The zero-order valence-electron chi connectivity index (χ0n) is 14.6. The number of sulfonamides is 1. The first-order chi connectivity index (χ1) is 12.5. The largest absolute Gasteiger partial charge is 0.375 e. The van der Waals surface area contributed by atoms with Gasteiger partial charge >= 0.3 is 0 Å². The first-order valence-corrected chi connectivity index (χ1v) is 10.1. The van der Waals surface area contributed by atoms with Crippen LogP contribution in [0.2, 0.25) is 0 Å². The fourth-order valence-electron chi connectivity index (χ4n) is 3.11. The SMILES string of the molecule is COCC(=O)N1CCCc2ccc(NS(=O)(=O)Cc3ccccc3)cc21. The summed E-state index contributed by atoms with van der Waals surface area (Å²) in [5.41, 5.74) is 2.96. The van der Waals surface area contributed by atoms with E-state index in [1.54, 1.807) is 29.2 Å². The van der Waals surface area contributed by atoms with Crippen molar-refractivity contribution in [1.29, 1.82) is 0 Å². The Balaban J connectivity index is 1.81. The molecule has 2 aromatic rings. The predicted octanol–water partition coefficient (Wildman–Crippen LogP) is 2.55. The van der Waals surface area contributed by atoms with Crippen LogP contribution in [0.25, 0.3) is 0 Å². The highest BCUT2D eigenvalue weighted by Crippen LogP contribution is 2.30. The molecule has 2 aromatic carbocycles. The van der Waals surface area contributed by atoms with E-state index in [1.807, 2.05) is 24.3 Å². The second-order valence-electron chi connectivity index (χ2n) is 6.27. The van der Waals surface area contributed by atoms with E-state index < -0.39 is 10.0 Å². The van der Waals surface area contributed by atoms with E-state index in [2.05, 4.69) is 4.72 Å². The van der Waals surface area contributed by atoms with E-state index >= 15 is 0 Å². The van der Waals surface area contributed by atoms with Crippen LogP contribution in [0.15, 0.2) is 48.5 Å². The molecule has 0 spiro atoms. The number of amides is 1. The fraction of sp³-hybridized carbons (Fsp3) is 0.316. The van der Waals surface area contributed by atoms with Crippen LogP contribution in [0, 0.1) is 0 Å². The van der Waals surface area contributed by atoms with Crippen LogP contribution < -0.4 is 9.62 Å². The van der Waals surface area contributed by atoms with E-state index in [1.165, 1.54) is 7.11 Å². The van der Waals surface area contributed by atoms with Crippen LogP contribution in [0.3, 0.4) is 0 Å². The lowest BCUT2D eigenvalue weighted by atomic mass is 10.0.